The van der Waals surface area contributed by atoms with Crippen molar-refractivity contribution in [3.63, 3.8) is 0 Å². The summed E-state index contributed by atoms with van der Waals surface area (Å²) in [5.41, 5.74) is 3.00. The number of benzene rings is 2. The summed E-state index contributed by atoms with van der Waals surface area (Å²) in [4.78, 5) is 25.1. The van der Waals surface area contributed by atoms with Crippen molar-refractivity contribution in [1.29, 1.82) is 0 Å². The van der Waals surface area contributed by atoms with E-state index in [4.69, 9.17) is 0 Å². The first-order chi connectivity index (χ1) is 12.6. The molecule has 0 aliphatic carbocycles. The molecular weight excluding hydrogens is 326 g/mol. The van der Waals surface area contributed by atoms with Gasteiger partial charge in [-0.25, -0.2) is 0 Å². The molecule has 1 aliphatic rings. The van der Waals surface area contributed by atoms with Gasteiger partial charge in [0.05, 0.1) is 5.56 Å². The predicted molar refractivity (Wildman–Crippen MR) is 102 cm³/mol. The lowest BCUT2D eigenvalue weighted by molar-refractivity contribution is 0.0951. The lowest BCUT2D eigenvalue weighted by Crippen LogP contribution is -2.37. The number of carbonyl (C=O) groups excluding carboxylic acids is 1. The molecule has 0 spiro atoms. The first-order valence-corrected chi connectivity index (χ1v) is 8.80. The fourth-order valence-corrected chi connectivity index (χ4v) is 3.67. The summed E-state index contributed by atoms with van der Waals surface area (Å²) in [7, 11) is 1.67. The second-order valence-corrected chi connectivity index (χ2v) is 6.74. The van der Waals surface area contributed by atoms with Crippen LogP contribution in [0.1, 0.15) is 27.4 Å². The lowest BCUT2D eigenvalue weighted by atomic mass is 9.91. The van der Waals surface area contributed by atoms with E-state index in [1.165, 1.54) is 15.7 Å². The number of fused-ring (bicyclic) bond motifs is 2. The molecule has 2 N–H and O–H groups in total. The Bertz CT molecular complexity index is 1040. The Morgan fingerprint density at radius 3 is 2.73 bits per heavy atom. The molecule has 132 valence electrons. The molecule has 5 nitrogen and oxygen atoms in total. The SMILES string of the molecule is Cn1cc(C(=O)NCC2CNCc3ccccc32)c2ccccc2c1=O. The highest BCUT2D eigenvalue weighted by Gasteiger charge is 2.21. The summed E-state index contributed by atoms with van der Waals surface area (Å²) >= 11 is 0. The molecule has 2 aromatic carbocycles. The van der Waals surface area contributed by atoms with Gasteiger partial charge in [0.1, 0.15) is 0 Å². The second-order valence-electron chi connectivity index (χ2n) is 6.74. The summed E-state index contributed by atoms with van der Waals surface area (Å²) in [5, 5.41) is 7.71. The van der Waals surface area contributed by atoms with Crippen LogP contribution in [0.2, 0.25) is 0 Å². The second kappa shape index (κ2) is 6.77. The molecule has 1 unspecified atom stereocenters. The van der Waals surface area contributed by atoms with Gasteiger partial charge < -0.3 is 15.2 Å². The molecule has 0 saturated heterocycles. The maximum absolute atomic E-state index is 12.8. The van der Waals surface area contributed by atoms with E-state index in [9.17, 15) is 9.59 Å². The summed E-state index contributed by atoms with van der Waals surface area (Å²) in [6.07, 6.45) is 1.62. The van der Waals surface area contributed by atoms with Crippen LogP contribution in [0.3, 0.4) is 0 Å². The number of pyridine rings is 1. The highest BCUT2D eigenvalue weighted by Crippen LogP contribution is 2.23. The Labute approximate surface area is 151 Å². The number of hydrogen-bond acceptors (Lipinski definition) is 3. The lowest BCUT2D eigenvalue weighted by Gasteiger charge is -2.26. The van der Waals surface area contributed by atoms with Gasteiger partial charge in [-0.1, -0.05) is 42.5 Å². The molecule has 5 heteroatoms. The highest BCUT2D eigenvalue weighted by molar-refractivity contribution is 6.06. The van der Waals surface area contributed by atoms with Crippen molar-refractivity contribution in [2.75, 3.05) is 13.1 Å². The van der Waals surface area contributed by atoms with Crippen LogP contribution >= 0.6 is 0 Å². The maximum atomic E-state index is 12.8. The molecule has 1 atom stereocenters. The van der Waals surface area contributed by atoms with E-state index < -0.39 is 0 Å². The molecule has 26 heavy (non-hydrogen) atoms. The van der Waals surface area contributed by atoms with E-state index in [2.05, 4.69) is 22.8 Å². The Hall–Kier alpha value is -2.92. The molecule has 0 saturated carbocycles. The third kappa shape index (κ3) is 2.91. The Morgan fingerprint density at radius 2 is 1.88 bits per heavy atom. The minimum Gasteiger partial charge on any atom is -0.351 e. The largest absolute Gasteiger partial charge is 0.351 e. The van der Waals surface area contributed by atoms with Crippen molar-refractivity contribution >= 4 is 16.7 Å². The van der Waals surface area contributed by atoms with Crippen LogP contribution in [0, 0.1) is 0 Å². The number of aryl methyl sites for hydroxylation is 1. The van der Waals surface area contributed by atoms with Crippen molar-refractivity contribution < 1.29 is 4.79 Å². The van der Waals surface area contributed by atoms with Crippen molar-refractivity contribution in [3.8, 4) is 0 Å². The van der Waals surface area contributed by atoms with E-state index >= 15 is 0 Å². The van der Waals surface area contributed by atoms with Crippen LogP contribution in [0.4, 0.5) is 0 Å². The number of rotatable bonds is 3. The molecule has 1 aliphatic heterocycles. The standard InChI is InChI=1S/C21H21N3O2/c1-24-13-19(17-8-4-5-9-18(17)21(24)26)20(25)23-12-15-11-22-10-14-6-2-3-7-16(14)15/h2-9,13,15,22H,10-12H2,1H3,(H,23,25). The first kappa shape index (κ1) is 16.5. The average molecular weight is 347 g/mol. The molecule has 2 heterocycles. The fraction of sp³-hybridized carbons (Fsp3) is 0.238. The quantitative estimate of drug-likeness (QED) is 0.763. The van der Waals surface area contributed by atoms with Crippen LogP contribution in [0.15, 0.2) is 59.5 Å². The number of nitrogens with zero attached hydrogens (tertiary/aromatic N) is 1. The monoisotopic (exact) mass is 347 g/mol. The van der Waals surface area contributed by atoms with Crippen LogP contribution in [0.5, 0.6) is 0 Å². The summed E-state index contributed by atoms with van der Waals surface area (Å²) in [6, 6.07) is 15.6. The van der Waals surface area contributed by atoms with E-state index in [0.29, 0.717) is 22.9 Å². The number of hydrogen-bond donors (Lipinski definition) is 2. The predicted octanol–water partition coefficient (Wildman–Crippen LogP) is 2.16. The molecule has 1 aromatic heterocycles. The molecule has 3 aromatic rings. The molecule has 1 amide bonds. The Kier molecular flexibility index (Phi) is 4.31. The van der Waals surface area contributed by atoms with Gasteiger partial charge in [0.15, 0.2) is 0 Å². The smallest absolute Gasteiger partial charge is 0.258 e. The Balaban J connectivity index is 1.60. The fourth-order valence-electron chi connectivity index (χ4n) is 3.67. The van der Waals surface area contributed by atoms with Gasteiger partial charge in [-0.15, -0.1) is 0 Å². The molecule has 4 rings (SSSR count). The van der Waals surface area contributed by atoms with E-state index in [1.54, 1.807) is 19.3 Å². The van der Waals surface area contributed by atoms with Crippen molar-refractivity contribution in [2.45, 2.75) is 12.5 Å². The zero-order chi connectivity index (χ0) is 18.1. The first-order valence-electron chi connectivity index (χ1n) is 8.80. The van der Waals surface area contributed by atoms with Crippen molar-refractivity contribution in [3.05, 3.63) is 81.8 Å². The van der Waals surface area contributed by atoms with Gasteiger partial charge in [-0.3, -0.25) is 9.59 Å². The molecule has 0 radical (unpaired) electrons. The summed E-state index contributed by atoms with van der Waals surface area (Å²) in [5.74, 6) is 0.0857. The van der Waals surface area contributed by atoms with Crippen LogP contribution < -0.4 is 16.2 Å². The van der Waals surface area contributed by atoms with Crippen molar-refractivity contribution in [2.24, 2.45) is 7.05 Å². The van der Waals surface area contributed by atoms with Gasteiger partial charge in [0.25, 0.3) is 11.5 Å². The van der Waals surface area contributed by atoms with E-state index in [1.807, 2.05) is 30.3 Å². The average Bonchev–Trinajstić information content (AvgIpc) is 2.69. The number of amides is 1. The van der Waals surface area contributed by atoms with Gasteiger partial charge in [-0.05, 0) is 17.2 Å². The van der Waals surface area contributed by atoms with Crippen LogP contribution in [0.25, 0.3) is 10.8 Å². The topological polar surface area (TPSA) is 63.1 Å². The molecular formula is C21H21N3O2. The molecule has 0 bridgehead atoms. The van der Waals surface area contributed by atoms with Crippen LogP contribution in [-0.2, 0) is 13.6 Å². The number of aromatic nitrogens is 1. The normalized spacial score (nSPS) is 16.3. The van der Waals surface area contributed by atoms with Crippen molar-refractivity contribution in [1.82, 2.24) is 15.2 Å². The zero-order valence-corrected chi connectivity index (χ0v) is 14.7. The van der Waals surface area contributed by atoms with Gasteiger partial charge in [0, 0.05) is 49.6 Å². The summed E-state index contributed by atoms with van der Waals surface area (Å²) in [6.45, 7) is 2.26. The minimum absolute atomic E-state index is 0.0949. The summed E-state index contributed by atoms with van der Waals surface area (Å²) < 4.78 is 1.47. The van der Waals surface area contributed by atoms with E-state index in [0.717, 1.165) is 13.1 Å². The Morgan fingerprint density at radius 1 is 1.15 bits per heavy atom. The maximum Gasteiger partial charge on any atom is 0.258 e. The number of nitrogens with one attached hydrogen (secondary N) is 2. The minimum atomic E-state index is -0.153. The third-order valence-electron chi connectivity index (χ3n) is 5.05. The van der Waals surface area contributed by atoms with Gasteiger partial charge in [-0.2, -0.15) is 0 Å². The number of carbonyl (C=O) groups is 1. The highest BCUT2D eigenvalue weighted by atomic mass is 16.2. The van der Waals surface area contributed by atoms with Crippen LogP contribution in [-0.4, -0.2) is 23.6 Å². The third-order valence-corrected chi connectivity index (χ3v) is 5.05. The molecule has 0 fully saturated rings. The zero-order valence-electron chi connectivity index (χ0n) is 14.7. The van der Waals surface area contributed by atoms with E-state index in [-0.39, 0.29) is 17.4 Å². The van der Waals surface area contributed by atoms with Gasteiger partial charge in [0.2, 0.25) is 0 Å². The van der Waals surface area contributed by atoms with Gasteiger partial charge >= 0.3 is 0 Å².